The fourth-order valence-corrected chi connectivity index (χ4v) is 2.58. The molecule has 0 bridgehead atoms. The summed E-state index contributed by atoms with van der Waals surface area (Å²) in [5, 5.41) is 0. The van der Waals surface area contributed by atoms with Crippen molar-refractivity contribution in [3.8, 4) is 0 Å². The van der Waals surface area contributed by atoms with Crippen LogP contribution in [0.4, 0.5) is 0 Å². The molecule has 0 saturated heterocycles. The van der Waals surface area contributed by atoms with E-state index in [2.05, 4.69) is 6.58 Å². The van der Waals surface area contributed by atoms with Gasteiger partial charge in [0, 0.05) is 19.3 Å². The second-order valence-electron chi connectivity index (χ2n) is 5.87. The molecule has 1 aliphatic rings. The summed E-state index contributed by atoms with van der Waals surface area (Å²) in [5.41, 5.74) is 0. The average molecular weight is 296 g/mol. The van der Waals surface area contributed by atoms with Crippen molar-refractivity contribution in [2.75, 3.05) is 6.61 Å². The Hall–Kier alpha value is -1.32. The van der Waals surface area contributed by atoms with Crippen LogP contribution >= 0.6 is 0 Å². The molecule has 0 amide bonds. The standard InChI is InChI=1S/C17H28O4/c1-3-8-14(2)21-17(19)12-7-11-16(18)20-13-15-9-5-4-6-10-15/h3,14-15H,1,4-13H2,2H3. The zero-order valence-electron chi connectivity index (χ0n) is 13.1. The molecule has 0 heterocycles. The van der Waals surface area contributed by atoms with Crippen molar-refractivity contribution in [1.82, 2.24) is 0 Å². The molecule has 4 nitrogen and oxygen atoms in total. The molecule has 0 aromatic heterocycles. The van der Waals surface area contributed by atoms with Crippen LogP contribution in [0.15, 0.2) is 12.7 Å². The summed E-state index contributed by atoms with van der Waals surface area (Å²) in [6.07, 6.45) is 9.40. The van der Waals surface area contributed by atoms with Crippen LogP contribution in [0, 0.1) is 5.92 Å². The molecular weight excluding hydrogens is 268 g/mol. The van der Waals surface area contributed by atoms with Gasteiger partial charge >= 0.3 is 11.9 Å². The van der Waals surface area contributed by atoms with Crippen LogP contribution in [0.5, 0.6) is 0 Å². The molecule has 0 aromatic carbocycles. The van der Waals surface area contributed by atoms with E-state index in [1.54, 1.807) is 6.08 Å². The second-order valence-corrected chi connectivity index (χ2v) is 5.87. The Balaban J connectivity index is 2.04. The zero-order chi connectivity index (χ0) is 15.5. The molecule has 0 radical (unpaired) electrons. The van der Waals surface area contributed by atoms with Crippen LogP contribution in [0.1, 0.15) is 64.7 Å². The first-order valence-electron chi connectivity index (χ1n) is 8.07. The van der Waals surface area contributed by atoms with Gasteiger partial charge in [-0.15, -0.1) is 6.58 Å². The van der Waals surface area contributed by atoms with Crippen LogP contribution in [0.3, 0.4) is 0 Å². The highest BCUT2D eigenvalue weighted by Crippen LogP contribution is 2.23. The molecule has 0 N–H and O–H groups in total. The maximum Gasteiger partial charge on any atom is 0.306 e. The maximum atomic E-state index is 11.6. The van der Waals surface area contributed by atoms with Gasteiger partial charge in [0.25, 0.3) is 0 Å². The van der Waals surface area contributed by atoms with Crippen LogP contribution in [-0.2, 0) is 19.1 Å². The number of hydrogen-bond acceptors (Lipinski definition) is 4. The fraction of sp³-hybridized carbons (Fsp3) is 0.765. The van der Waals surface area contributed by atoms with Crippen LogP contribution < -0.4 is 0 Å². The highest BCUT2D eigenvalue weighted by Gasteiger charge is 2.16. The second kappa shape index (κ2) is 10.4. The summed E-state index contributed by atoms with van der Waals surface area (Å²) in [6, 6.07) is 0. The monoisotopic (exact) mass is 296 g/mol. The molecule has 0 aliphatic heterocycles. The van der Waals surface area contributed by atoms with E-state index >= 15 is 0 Å². The van der Waals surface area contributed by atoms with Crippen molar-refractivity contribution in [3.63, 3.8) is 0 Å². The lowest BCUT2D eigenvalue weighted by molar-refractivity contribution is -0.149. The molecule has 1 saturated carbocycles. The van der Waals surface area contributed by atoms with Gasteiger partial charge in [-0.2, -0.15) is 0 Å². The first kappa shape index (κ1) is 17.7. The van der Waals surface area contributed by atoms with Gasteiger partial charge in [-0.05, 0) is 32.1 Å². The molecule has 4 heteroatoms. The lowest BCUT2D eigenvalue weighted by atomic mass is 9.90. The molecular formula is C17H28O4. The maximum absolute atomic E-state index is 11.6. The molecule has 0 spiro atoms. The Morgan fingerprint density at radius 3 is 2.52 bits per heavy atom. The quantitative estimate of drug-likeness (QED) is 0.480. The SMILES string of the molecule is C=CCC(C)OC(=O)CCCC(=O)OCC1CCCCC1. The summed E-state index contributed by atoms with van der Waals surface area (Å²) in [5.74, 6) is 0.0735. The number of rotatable bonds is 9. The van der Waals surface area contributed by atoms with Gasteiger partial charge in [0.2, 0.25) is 0 Å². The minimum absolute atomic E-state index is 0.145. The van der Waals surface area contributed by atoms with E-state index in [0.29, 0.717) is 25.4 Å². The summed E-state index contributed by atoms with van der Waals surface area (Å²) < 4.78 is 10.4. The van der Waals surface area contributed by atoms with Gasteiger partial charge in [0.1, 0.15) is 6.10 Å². The lowest BCUT2D eigenvalue weighted by Gasteiger charge is -2.21. The molecule has 0 aromatic rings. The van der Waals surface area contributed by atoms with E-state index in [-0.39, 0.29) is 30.9 Å². The van der Waals surface area contributed by atoms with Crippen LogP contribution in [-0.4, -0.2) is 24.6 Å². The first-order chi connectivity index (χ1) is 10.1. The number of esters is 2. The minimum Gasteiger partial charge on any atom is -0.465 e. The van der Waals surface area contributed by atoms with Crippen molar-refractivity contribution in [2.45, 2.75) is 70.8 Å². The van der Waals surface area contributed by atoms with Crippen molar-refractivity contribution >= 4 is 11.9 Å². The Morgan fingerprint density at radius 1 is 1.19 bits per heavy atom. The lowest BCUT2D eigenvalue weighted by Crippen LogP contribution is -2.17. The van der Waals surface area contributed by atoms with Crippen molar-refractivity contribution in [1.29, 1.82) is 0 Å². The number of carbonyl (C=O) groups is 2. The van der Waals surface area contributed by atoms with Crippen molar-refractivity contribution in [2.24, 2.45) is 5.92 Å². The van der Waals surface area contributed by atoms with Crippen LogP contribution in [0.2, 0.25) is 0 Å². The van der Waals surface area contributed by atoms with Crippen LogP contribution in [0.25, 0.3) is 0 Å². The molecule has 1 rings (SSSR count). The Kier molecular flexibility index (Phi) is 8.79. The smallest absolute Gasteiger partial charge is 0.306 e. The van der Waals surface area contributed by atoms with Gasteiger partial charge in [-0.25, -0.2) is 0 Å². The zero-order valence-corrected chi connectivity index (χ0v) is 13.1. The minimum atomic E-state index is -0.260. The van der Waals surface area contributed by atoms with Crippen molar-refractivity contribution in [3.05, 3.63) is 12.7 Å². The number of ether oxygens (including phenoxy) is 2. The topological polar surface area (TPSA) is 52.6 Å². The highest BCUT2D eigenvalue weighted by molar-refractivity contribution is 5.72. The molecule has 1 fully saturated rings. The summed E-state index contributed by atoms with van der Waals surface area (Å²) in [6.45, 7) is 5.97. The third-order valence-electron chi connectivity index (χ3n) is 3.80. The van der Waals surface area contributed by atoms with Gasteiger partial charge in [0.05, 0.1) is 6.61 Å². The molecule has 120 valence electrons. The summed E-state index contributed by atoms with van der Waals surface area (Å²) >= 11 is 0. The van der Waals surface area contributed by atoms with E-state index in [0.717, 1.165) is 0 Å². The van der Waals surface area contributed by atoms with E-state index < -0.39 is 0 Å². The third kappa shape index (κ3) is 8.53. The summed E-state index contributed by atoms with van der Waals surface area (Å²) in [4.78, 5) is 23.1. The van der Waals surface area contributed by atoms with Gasteiger partial charge in [0.15, 0.2) is 0 Å². The highest BCUT2D eigenvalue weighted by atomic mass is 16.5. The average Bonchev–Trinajstić information content (AvgIpc) is 2.46. The van der Waals surface area contributed by atoms with E-state index in [1.165, 1.54) is 32.1 Å². The fourth-order valence-electron chi connectivity index (χ4n) is 2.58. The van der Waals surface area contributed by atoms with Gasteiger partial charge in [-0.1, -0.05) is 25.3 Å². The van der Waals surface area contributed by atoms with E-state index in [4.69, 9.17) is 9.47 Å². The predicted molar refractivity (Wildman–Crippen MR) is 81.8 cm³/mol. The largest absolute Gasteiger partial charge is 0.465 e. The van der Waals surface area contributed by atoms with E-state index in [1.807, 2.05) is 6.92 Å². The number of hydrogen-bond donors (Lipinski definition) is 0. The van der Waals surface area contributed by atoms with E-state index in [9.17, 15) is 9.59 Å². The Morgan fingerprint density at radius 2 is 1.86 bits per heavy atom. The third-order valence-corrected chi connectivity index (χ3v) is 3.80. The Bertz CT molecular complexity index is 332. The van der Waals surface area contributed by atoms with Crippen molar-refractivity contribution < 1.29 is 19.1 Å². The molecule has 21 heavy (non-hydrogen) atoms. The molecule has 1 aliphatic carbocycles. The number of carbonyl (C=O) groups excluding carboxylic acids is 2. The van der Waals surface area contributed by atoms with Gasteiger partial charge in [-0.3, -0.25) is 9.59 Å². The summed E-state index contributed by atoms with van der Waals surface area (Å²) in [7, 11) is 0. The predicted octanol–water partition coefficient (Wildman–Crippen LogP) is 3.79. The Labute approximate surface area is 127 Å². The van der Waals surface area contributed by atoms with Gasteiger partial charge < -0.3 is 9.47 Å². The first-order valence-corrected chi connectivity index (χ1v) is 8.07. The normalized spacial score (nSPS) is 17.0. The molecule has 1 unspecified atom stereocenters. The molecule has 1 atom stereocenters.